The van der Waals surface area contributed by atoms with E-state index in [1.165, 1.54) is 0 Å². The lowest BCUT2D eigenvalue weighted by Crippen LogP contribution is -2.16. The maximum absolute atomic E-state index is 12.5. The molecule has 0 unspecified atom stereocenters. The standard InChI is InChI=1S/C24H20Br2O4/c25-21-11-5-1-7-17(21)13-15-29-23(27)19-9-3-4-10-20(19)24(28)30-16-14-18-8-2-6-12-22(18)26/h1-12H,13-16H2. The summed E-state index contributed by atoms with van der Waals surface area (Å²) in [5.74, 6) is -1.08. The minimum Gasteiger partial charge on any atom is -0.462 e. The van der Waals surface area contributed by atoms with Crippen LogP contribution in [-0.2, 0) is 22.3 Å². The van der Waals surface area contributed by atoms with Gasteiger partial charge in [0.25, 0.3) is 0 Å². The maximum atomic E-state index is 12.5. The Hall–Kier alpha value is -2.44. The van der Waals surface area contributed by atoms with Gasteiger partial charge in [-0.05, 0) is 35.4 Å². The Morgan fingerprint density at radius 1 is 0.600 bits per heavy atom. The zero-order valence-corrected chi connectivity index (χ0v) is 19.3. The third-order valence-corrected chi connectivity index (χ3v) is 6.04. The van der Waals surface area contributed by atoms with E-state index in [0.717, 1.165) is 20.1 Å². The molecule has 0 bridgehead atoms. The molecule has 154 valence electrons. The molecule has 0 aliphatic heterocycles. The summed E-state index contributed by atoms with van der Waals surface area (Å²) in [6, 6.07) is 22.1. The van der Waals surface area contributed by atoms with Gasteiger partial charge in [-0.3, -0.25) is 0 Å². The van der Waals surface area contributed by atoms with E-state index in [4.69, 9.17) is 9.47 Å². The van der Waals surface area contributed by atoms with E-state index < -0.39 is 11.9 Å². The highest BCUT2D eigenvalue weighted by Crippen LogP contribution is 2.18. The van der Waals surface area contributed by atoms with Crippen LogP contribution < -0.4 is 0 Å². The van der Waals surface area contributed by atoms with E-state index in [0.29, 0.717) is 12.8 Å². The summed E-state index contributed by atoms with van der Waals surface area (Å²) >= 11 is 6.96. The zero-order chi connectivity index (χ0) is 21.3. The molecule has 3 aromatic rings. The molecule has 4 nitrogen and oxygen atoms in total. The first-order valence-corrected chi connectivity index (χ1v) is 11.0. The molecule has 0 saturated heterocycles. The van der Waals surface area contributed by atoms with E-state index in [-0.39, 0.29) is 24.3 Å². The van der Waals surface area contributed by atoms with Crippen molar-refractivity contribution in [1.82, 2.24) is 0 Å². The second kappa shape index (κ2) is 11.1. The second-order valence-corrected chi connectivity index (χ2v) is 8.21. The average molecular weight is 532 g/mol. The van der Waals surface area contributed by atoms with E-state index >= 15 is 0 Å². The van der Waals surface area contributed by atoms with E-state index in [9.17, 15) is 9.59 Å². The molecule has 0 aliphatic rings. The first-order valence-electron chi connectivity index (χ1n) is 9.46. The maximum Gasteiger partial charge on any atom is 0.339 e. The van der Waals surface area contributed by atoms with Crippen molar-refractivity contribution in [2.24, 2.45) is 0 Å². The van der Waals surface area contributed by atoms with Gasteiger partial charge in [-0.1, -0.05) is 80.4 Å². The van der Waals surface area contributed by atoms with Gasteiger partial charge in [0, 0.05) is 21.8 Å². The monoisotopic (exact) mass is 530 g/mol. The lowest BCUT2D eigenvalue weighted by atomic mass is 10.1. The zero-order valence-electron chi connectivity index (χ0n) is 16.1. The summed E-state index contributed by atoms with van der Waals surface area (Å²) in [4.78, 5) is 25.1. The molecule has 3 rings (SSSR count). The molecule has 30 heavy (non-hydrogen) atoms. The van der Waals surface area contributed by atoms with Crippen molar-refractivity contribution in [3.8, 4) is 0 Å². The number of benzene rings is 3. The summed E-state index contributed by atoms with van der Waals surface area (Å²) in [5, 5.41) is 0. The summed E-state index contributed by atoms with van der Waals surface area (Å²) in [6.45, 7) is 0.430. The topological polar surface area (TPSA) is 52.6 Å². The smallest absolute Gasteiger partial charge is 0.339 e. The summed E-state index contributed by atoms with van der Waals surface area (Å²) in [6.07, 6.45) is 1.15. The summed E-state index contributed by atoms with van der Waals surface area (Å²) < 4.78 is 12.7. The fourth-order valence-corrected chi connectivity index (χ4v) is 3.87. The number of carbonyl (C=O) groups is 2. The van der Waals surface area contributed by atoms with Gasteiger partial charge in [-0.25, -0.2) is 9.59 Å². The molecule has 0 saturated carbocycles. The van der Waals surface area contributed by atoms with Crippen LogP contribution in [0, 0.1) is 0 Å². The molecular formula is C24H20Br2O4. The number of hydrogen-bond donors (Lipinski definition) is 0. The van der Waals surface area contributed by atoms with Crippen LogP contribution in [0.3, 0.4) is 0 Å². The highest BCUT2D eigenvalue weighted by molar-refractivity contribution is 9.10. The third-order valence-electron chi connectivity index (χ3n) is 4.49. The number of ether oxygens (including phenoxy) is 2. The fraction of sp³-hybridized carbons (Fsp3) is 0.167. The van der Waals surface area contributed by atoms with Crippen molar-refractivity contribution >= 4 is 43.8 Å². The Bertz CT molecular complexity index is 950. The van der Waals surface area contributed by atoms with Gasteiger partial charge >= 0.3 is 11.9 Å². The SMILES string of the molecule is O=C(OCCc1ccccc1Br)c1ccccc1C(=O)OCCc1ccccc1Br. The van der Waals surface area contributed by atoms with Crippen LogP contribution in [0.2, 0.25) is 0 Å². The predicted molar refractivity (Wildman–Crippen MR) is 123 cm³/mol. The molecule has 0 aromatic heterocycles. The molecule has 6 heteroatoms. The number of esters is 2. The van der Waals surface area contributed by atoms with Crippen molar-refractivity contribution in [2.45, 2.75) is 12.8 Å². The van der Waals surface area contributed by atoms with Crippen molar-refractivity contribution in [1.29, 1.82) is 0 Å². The minimum atomic E-state index is -0.541. The van der Waals surface area contributed by atoms with Crippen LogP contribution in [0.4, 0.5) is 0 Å². The van der Waals surface area contributed by atoms with Crippen molar-refractivity contribution < 1.29 is 19.1 Å². The normalized spacial score (nSPS) is 10.5. The molecule has 0 amide bonds. The largest absolute Gasteiger partial charge is 0.462 e. The minimum absolute atomic E-state index is 0.204. The van der Waals surface area contributed by atoms with Crippen LogP contribution >= 0.6 is 31.9 Å². The van der Waals surface area contributed by atoms with Gasteiger partial charge in [0.2, 0.25) is 0 Å². The third kappa shape index (κ3) is 6.03. The Labute approximate surface area is 192 Å². The molecule has 0 heterocycles. The van der Waals surface area contributed by atoms with Gasteiger partial charge < -0.3 is 9.47 Å². The number of rotatable bonds is 8. The van der Waals surface area contributed by atoms with Gasteiger partial charge in [0.1, 0.15) is 0 Å². The van der Waals surface area contributed by atoms with Gasteiger partial charge in [0.15, 0.2) is 0 Å². The number of hydrogen-bond acceptors (Lipinski definition) is 4. The van der Waals surface area contributed by atoms with Crippen molar-refractivity contribution in [3.05, 3.63) is 104 Å². The Morgan fingerprint density at radius 3 is 1.37 bits per heavy atom. The molecule has 0 radical (unpaired) electrons. The first-order chi connectivity index (χ1) is 14.6. The number of halogens is 2. The predicted octanol–water partition coefficient (Wildman–Crippen LogP) is 6.01. The van der Waals surface area contributed by atoms with Gasteiger partial charge in [0.05, 0.1) is 24.3 Å². The second-order valence-electron chi connectivity index (χ2n) is 6.50. The summed E-state index contributed by atoms with van der Waals surface area (Å²) in [5.41, 5.74) is 2.50. The molecule has 0 N–H and O–H groups in total. The highest BCUT2D eigenvalue weighted by atomic mass is 79.9. The van der Waals surface area contributed by atoms with E-state index in [2.05, 4.69) is 31.9 Å². The highest BCUT2D eigenvalue weighted by Gasteiger charge is 2.19. The summed E-state index contributed by atoms with van der Waals surface area (Å²) in [7, 11) is 0. The molecular weight excluding hydrogens is 512 g/mol. The lowest BCUT2D eigenvalue weighted by molar-refractivity contribution is 0.0461. The molecule has 0 aliphatic carbocycles. The van der Waals surface area contributed by atoms with Gasteiger partial charge in [-0.2, -0.15) is 0 Å². The molecule has 3 aromatic carbocycles. The van der Waals surface area contributed by atoms with Crippen LogP contribution in [0.5, 0.6) is 0 Å². The molecule has 0 atom stereocenters. The number of carbonyl (C=O) groups excluding carboxylic acids is 2. The average Bonchev–Trinajstić information content (AvgIpc) is 2.76. The van der Waals surface area contributed by atoms with Gasteiger partial charge in [-0.15, -0.1) is 0 Å². The molecule has 0 fully saturated rings. The van der Waals surface area contributed by atoms with Crippen molar-refractivity contribution in [2.75, 3.05) is 13.2 Å². The van der Waals surface area contributed by atoms with Crippen LogP contribution in [0.15, 0.2) is 81.7 Å². The lowest BCUT2D eigenvalue weighted by Gasteiger charge is -2.11. The Kier molecular flexibility index (Phi) is 8.22. The Balaban J connectivity index is 1.57. The van der Waals surface area contributed by atoms with Crippen LogP contribution in [0.25, 0.3) is 0 Å². The Morgan fingerprint density at radius 2 is 0.967 bits per heavy atom. The quantitative estimate of drug-likeness (QED) is 0.334. The fourth-order valence-electron chi connectivity index (χ4n) is 2.90. The van der Waals surface area contributed by atoms with Crippen LogP contribution in [0.1, 0.15) is 31.8 Å². The van der Waals surface area contributed by atoms with E-state index in [1.54, 1.807) is 24.3 Å². The van der Waals surface area contributed by atoms with Crippen molar-refractivity contribution in [3.63, 3.8) is 0 Å². The molecule has 0 spiro atoms. The van der Waals surface area contributed by atoms with Crippen LogP contribution in [-0.4, -0.2) is 25.2 Å². The first kappa shape index (κ1) is 22.2. The van der Waals surface area contributed by atoms with E-state index in [1.807, 2.05) is 48.5 Å².